The average Bonchev–Trinajstić information content (AvgIpc) is 2.54. The van der Waals surface area contributed by atoms with Crippen LogP contribution in [0.2, 0.25) is 0 Å². The number of amides is 2. The third kappa shape index (κ3) is 5.45. The van der Waals surface area contributed by atoms with Crippen LogP contribution in [0.15, 0.2) is 0 Å². The highest BCUT2D eigenvalue weighted by Gasteiger charge is 2.28. The molecule has 0 aromatic carbocycles. The molecular weight excluding hydrogens is 304 g/mol. The molecule has 1 heterocycles. The molecule has 3 N–H and O–H groups in total. The third-order valence-corrected chi connectivity index (χ3v) is 5.53. The molecular formula is C18H34N4O2. The number of nitrogens with two attached hydrogens (primary N) is 1. The van der Waals surface area contributed by atoms with Crippen LogP contribution >= 0.6 is 0 Å². The lowest BCUT2D eigenvalue weighted by atomic mass is 9.87. The molecule has 1 saturated heterocycles. The Hall–Kier alpha value is -1.14. The first-order valence-electron chi connectivity index (χ1n) is 9.43. The van der Waals surface area contributed by atoms with E-state index in [1.54, 1.807) is 0 Å². The van der Waals surface area contributed by atoms with E-state index in [-0.39, 0.29) is 23.8 Å². The zero-order valence-electron chi connectivity index (χ0n) is 15.5. The number of nitrogens with zero attached hydrogens (tertiary/aromatic N) is 2. The quantitative estimate of drug-likeness (QED) is 0.777. The molecule has 6 nitrogen and oxygen atoms in total. The summed E-state index contributed by atoms with van der Waals surface area (Å²) in [4.78, 5) is 28.6. The highest BCUT2D eigenvalue weighted by molar-refractivity contribution is 5.80. The number of carbonyl (C=O) groups excluding carboxylic acids is 2. The maximum absolute atomic E-state index is 12.3. The maximum atomic E-state index is 12.3. The van der Waals surface area contributed by atoms with Gasteiger partial charge in [-0.3, -0.25) is 14.5 Å². The molecule has 6 heteroatoms. The number of rotatable bonds is 5. The van der Waals surface area contributed by atoms with Crippen LogP contribution in [-0.4, -0.2) is 66.4 Å². The minimum atomic E-state index is -0.145. The van der Waals surface area contributed by atoms with E-state index >= 15 is 0 Å². The first kappa shape index (κ1) is 19.2. The van der Waals surface area contributed by atoms with Gasteiger partial charge in [0.1, 0.15) is 0 Å². The Balaban J connectivity index is 1.70. The van der Waals surface area contributed by atoms with Gasteiger partial charge in [-0.05, 0) is 25.7 Å². The molecule has 0 spiro atoms. The number of hydrogen-bond donors (Lipinski definition) is 2. The van der Waals surface area contributed by atoms with Crippen LogP contribution in [0.4, 0.5) is 0 Å². The van der Waals surface area contributed by atoms with Crippen LogP contribution in [0.3, 0.4) is 0 Å². The zero-order valence-corrected chi connectivity index (χ0v) is 15.5. The van der Waals surface area contributed by atoms with Crippen LogP contribution in [0, 0.1) is 11.8 Å². The largest absolute Gasteiger partial charge is 0.352 e. The van der Waals surface area contributed by atoms with Gasteiger partial charge in [0, 0.05) is 38.3 Å². The van der Waals surface area contributed by atoms with E-state index < -0.39 is 0 Å². The number of nitrogens with one attached hydrogen (secondary N) is 1. The molecule has 2 rings (SSSR count). The molecule has 24 heavy (non-hydrogen) atoms. The van der Waals surface area contributed by atoms with Crippen molar-refractivity contribution in [3.05, 3.63) is 0 Å². The Morgan fingerprint density at radius 2 is 1.83 bits per heavy atom. The Morgan fingerprint density at radius 3 is 2.42 bits per heavy atom. The van der Waals surface area contributed by atoms with E-state index in [1.807, 2.05) is 18.7 Å². The van der Waals surface area contributed by atoms with Gasteiger partial charge in [-0.1, -0.05) is 26.7 Å². The maximum Gasteiger partial charge on any atom is 0.234 e. The van der Waals surface area contributed by atoms with Crippen molar-refractivity contribution in [2.75, 3.05) is 32.7 Å². The second-order valence-corrected chi connectivity index (χ2v) is 7.79. The molecule has 2 amide bonds. The van der Waals surface area contributed by atoms with Crippen LogP contribution in [0.25, 0.3) is 0 Å². The number of carbonyl (C=O) groups is 2. The fraction of sp³-hybridized carbons (Fsp3) is 0.889. The molecule has 1 aliphatic carbocycles. The van der Waals surface area contributed by atoms with E-state index in [0.29, 0.717) is 31.6 Å². The molecule has 2 fully saturated rings. The molecule has 4 atom stereocenters. The van der Waals surface area contributed by atoms with E-state index in [4.69, 9.17) is 5.73 Å². The normalized spacial score (nSPS) is 28.2. The smallest absolute Gasteiger partial charge is 0.234 e. The summed E-state index contributed by atoms with van der Waals surface area (Å²) in [6, 6.07) is 0.218. The SMILES string of the molecule is CC1CCCC(NC(=O)CN2CCN(C(=O)C(C)C(C)N)CC2)C1. The minimum absolute atomic E-state index is 0.123. The van der Waals surface area contributed by atoms with Crippen molar-refractivity contribution in [3.63, 3.8) is 0 Å². The second-order valence-electron chi connectivity index (χ2n) is 7.79. The number of hydrogen-bond acceptors (Lipinski definition) is 4. The molecule has 0 radical (unpaired) electrons. The lowest BCUT2D eigenvalue weighted by Crippen LogP contribution is -2.54. The van der Waals surface area contributed by atoms with Gasteiger partial charge in [0.2, 0.25) is 11.8 Å². The van der Waals surface area contributed by atoms with Gasteiger partial charge in [0.25, 0.3) is 0 Å². The Morgan fingerprint density at radius 1 is 1.17 bits per heavy atom. The van der Waals surface area contributed by atoms with Gasteiger partial charge in [0.05, 0.1) is 12.5 Å². The predicted molar refractivity (Wildman–Crippen MR) is 95.4 cm³/mol. The van der Waals surface area contributed by atoms with E-state index in [2.05, 4.69) is 17.1 Å². The average molecular weight is 338 g/mol. The van der Waals surface area contributed by atoms with E-state index in [0.717, 1.165) is 25.9 Å². The Bertz CT molecular complexity index is 433. The lowest BCUT2D eigenvalue weighted by Gasteiger charge is -2.36. The molecule has 1 saturated carbocycles. The fourth-order valence-electron chi connectivity index (χ4n) is 3.68. The van der Waals surface area contributed by atoms with Crippen molar-refractivity contribution in [3.8, 4) is 0 Å². The van der Waals surface area contributed by atoms with Crippen LogP contribution in [0.1, 0.15) is 46.5 Å². The summed E-state index contributed by atoms with van der Waals surface area (Å²) in [7, 11) is 0. The fourth-order valence-corrected chi connectivity index (χ4v) is 3.68. The topological polar surface area (TPSA) is 78.7 Å². The molecule has 1 aliphatic heterocycles. The first-order valence-corrected chi connectivity index (χ1v) is 9.43. The summed E-state index contributed by atoms with van der Waals surface area (Å²) in [6.45, 7) is 9.34. The van der Waals surface area contributed by atoms with Crippen molar-refractivity contribution < 1.29 is 9.59 Å². The summed E-state index contributed by atoms with van der Waals surface area (Å²) < 4.78 is 0. The molecule has 0 bridgehead atoms. The van der Waals surface area contributed by atoms with Crippen molar-refractivity contribution >= 4 is 11.8 Å². The van der Waals surface area contributed by atoms with Crippen molar-refractivity contribution in [1.82, 2.24) is 15.1 Å². The van der Waals surface area contributed by atoms with Crippen LogP contribution in [0.5, 0.6) is 0 Å². The van der Waals surface area contributed by atoms with Gasteiger partial charge >= 0.3 is 0 Å². The van der Waals surface area contributed by atoms with E-state index in [1.165, 1.54) is 12.8 Å². The second kappa shape index (κ2) is 8.81. The highest BCUT2D eigenvalue weighted by atomic mass is 16.2. The first-order chi connectivity index (χ1) is 11.4. The summed E-state index contributed by atoms with van der Waals surface area (Å²) in [5.74, 6) is 0.821. The van der Waals surface area contributed by atoms with Gasteiger partial charge in [-0.2, -0.15) is 0 Å². The molecule has 4 unspecified atom stereocenters. The summed E-state index contributed by atoms with van der Waals surface area (Å²) in [5, 5.41) is 3.19. The van der Waals surface area contributed by atoms with Gasteiger partial charge in [-0.15, -0.1) is 0 Å². The van der Waals surface area contributed by atoms with Gasteiger partial charge < -0.3 is 16.0 Å². The monoisotopic (exact) mass is 338 g/mol. The summed E-state index contributed by atoms with van der Waals surface area (Å²) >= 11 is 0. The number of piperazine rings is 1. The third-order valence-electron chi connectivity index (χ3n) is 5.53. The van der Waals surface area contributed by atoms with Crippen molar-refractivity contribution in [1.29, 1.82) is 0 Å². The summed E-state index contributed by atoms with van der Waals surface area (Å²) in [5.41, 5.74) is 5.82. The van der Waals surface area contributed by atoms with Crippen LogP contribution in [-0.2, 0) is 9.59 Å². The van der Waals surface area contributed by atoms with Gasteiger partial charge in [0.15, 0.2) is 0 Å². The molecule has 2 aliphatic rings. The van der Waals surface area contributed by atoms with Gasteiger partial charge in [-0.25, -0.2) is 0 Å². The molecule has 138 valence electrons. The highest BCUT2D eigenvalue weighted by Crippen LogP contribution is 2.23. The molecule has 0 aromatic rings. The lowest BCUT2D eigenvalue weighted by molar-refractivity contribution is -0.137. The predicted octanol–water partition coefficient (Wildman–Crippen LogP) is 0.809. The minimum Gasteiger partial charge on any atom is -0.352 e. The summed E-state index contributed by atoms with van der Waals surface area (Å²) in [6.07, 6.45) is 4.70. The Labute approximate surface area is 146 Å². The van der Waals surface area contributed by atoms with Crippen molar-refractivity contribution in [2.45, 2.75) is 58.5 Å². The standard InChI is InChI=1S/C18H34N4O2/c1-13-5-4-6-16(11-13)20-17(23)12-21-7-9-22(10-8-21)18(24)14(2)15(3)19/h13-16H,4-12,19H2,1-3H3,(H,20,23). The van der Waals surface area contributed by atoms with Crippen LogP contribution < -0.4 is 11.1 Å². The van der Waals surface area contributed by atoms with Crippen molar-refractivity contribution in [2.24, 2.45) is 17.6 Å². The zero-order chi connectivity index (χ0) is 17.7. The molecule has 0 aromatic heterocycles. The van der Waals surface area contributed by atoms with E-state index in [9.17, 15) is 9.59 Å². The Kier molecular flexibility index (Phi) is 7.04.